The van der Waals surface area contributed by atoms with Crippen molar-refractivity contribution in [2.24, 2.45) is 5.92 Å². The van der Waals surface area contributed by atoms with Gasteiger partial charge in [0.1, 0.15) is 5.69 Å². The molecule has 0 aliphatic carbocycles. The van der Waals surface area contributed by atoms with Gasteiger partial charge in [-0.2, -0.15) is 0 Å². The van der Waals surface area contributed by atoms with E-state index in [0.29, 0.717) is 33.9 Å². The summed E-state index contributed by atoms with van der Waals surface area (Å²) in [5, 5.41) is 6.83. The van der Waals surface area contributed by atoms with Crippen LogP contribution in [0.15, 0.2) is 30.5 Å². The number of nitrogens with one attached hydrogen (secondary N) is 2. The smallest absolute Gasteiger partial charge is 0.270 e. The van der Waals surface area contributed by atoms with Crippen LogP contribution in [0, 0.1) is 5.92 Å². The number of hydrogen-bond donors (Lipinski definition) is 2. The zero-order valence-corrected chi connectivity index (χ0v) is 14.4. The third kappa shape index (κ3) is 5.37. The van der Waals surface area contributed by atoms with Crippen LogP contribution >= 0.6 is 23.2 Å². The highest BCUT2D eigenvalue weighted by Gasteiger charge is 2.10. The van der Waals surface area contributed by atoms with Gasteiger partial charge >= 0.3 is 0 Å². The minimum atomic E-state index is -0.228. The number of carbonyl (C=O) groups excluding carboxylic acids is 1. The van der Waals surface area contributed by atoms with E-state index >= 15 is 0 Å². The summed E-state index contributed by atoms with van der Waals surface area (Å²) in [6.45, 7) is 4.82. The summed E-state index contributed by atoms with van der Waals surface area (Å²) in [4.78, 5) is 20.4. The number of nitrogens with zero attached hydrogens (tertiary/aromatic N) is 2. The number of benzene rings is 1. The first-order valence-electron chi connectivity index (χ1n) is 7.29. The predicted molar refractivity (Wildman–Crippen MR) is 93.6 cm³/mol. The first-order valence-corrected chi connectivity index (χ1v) is 8.04. The van der Waals surface area contributed by atoms with E-state index in [9.17, 15) is 4.79 Å². The van der Waals surface area contributed by atoms with E-state index in [2.05, 4.69) is 34.4 Å². The summed E-state index contributed by atoms with van der Waals surface area (Å²) in [5.74, 6) is 0.585. The van der Waals surface area contributed by atoms with Gasteiger partial charge in [0.15, 0.2) is 0 Å². The standard InChI is InChI=1S/C16H18Cl2N4O/c1-10(2)5-7-19-15(23)13-6-8-20-16(21-13)22-14-9-11(17)3-4-12(14)18/h3-4,6,8-10H,5,7H2,1-2H3,(H,19,23)(H,20,21,22). The van der Waals surface area contributed by atoms with Crippen LogP contribution in [0.4, 0.5) is 11.6 Å². The predicted octanol–water partition coefficient (Wildman–Crippen LogP) is 4.30. The summed E-state index contributed by atoms with van der Waals surface area (Å²) < 4.78 is 0. The summed E-state index contributed by atoms with van der Waals surface area (Å²) >= 11 is 12.0. The molecule has 23 heavy (non-hydrogen) atoms. The first-order chi connectivity index (χ1) is 11.0. The molecule has 2 N–H and O–H groups in total. The van der Waals surface area contributed by atoms with Gasteiger partial charge in [-0.25, -0.2) is 9.97 Å². The highest BCUT2D eigenvalue weighted by molar-refractivity contribution is 6.35. The zero-order chi connectivity index (χ0) is 16.8. The molecule has 0 atom stereocenters. The molecule has 0 saturated heterocycles. The Balaban J connectivity index is 2.07. The molecule has 1 aromatic carbocycles. The number of carbonyl (C=O) groups is 1. The number of aromatic nitrogens is 2. The van der Waals surface area contributed by atoms with Crippen molar-refractivity contribution < 1.29 is 4.79 Å². The summed E-state index contributed by atoms with van der Waals surface area (Å²) in [6.07, 6.45) is 2.44. The lowest BCUT2D eigenvalue weighted by Crippen LogP contribution is -2.26. The fourth-order valence-corrected chi connectivity index (χ4v) is 2.16. The maximum atomic E-state index is 12.1. The number of rotatable bonds is 6. The highest BCUT2D eigenvalue weighted by atomic mass is 35.5. The minimum absolute atomic E-state index is 0.228. The second-order valence-electron chi connectivity index (χ2n) is 5.45. The lowest BCUT2D eigenvalue weighted by molar-refractivity contribution is 0.0947. The van der Waals surface area contributed by atoms with Crippen molar-refractivity contribution >= 4 is 40.7 Å². The Kier molecular flexibility index (Phi) is 6.19. The zero-order valence-electron chi connectivity index (χ0n) is 12.9. The van der Waals surface area contributed by atoms with E-state index in [-0.39, 0.29) is 11.9 Å². The van der Waals surface area contributed by atoms with Gasteiger partial charge in [0.25, 0.3) is 5.91 Å². The molecule has 2 rings (SSSR count). The van der Waals surface area contributed by atoms with Crippen molar-refractivity contribution in [1.82, 2.24) is 15.3 Å². The molecule has 1 heterocycles. The average molecular weight is 353 g/mol. The van der Waals surface area contributed by atoms with Gasteiger partial charge in [-0.15, -0.1) is 0 Å². The fraction of sp³-hybridized carbons (Fsp3) is 0.312. The Morgan fingerprint density at radius 2 is 2.04 bits per heavy atom. The molecule has 0 saturated carbocycles. The van der Waals surface area contributed by atoms with Crippen LogP contribution in [0.2, 0.25) is 10.0 Å². The van der Waals surface area contributed by atoms with Crippen LogP contribution in [0.3, 0.4) is 0 Å². The normalized spacial score (nSPS) is 10.7. The molecule has 7 heteroatoms. The Morgan fingerprint density at radius 3 is 2.78 bits per heavy atom. The van der Waals surface area contributed by atoms with Crippen LogP contribution in [0.5, 0.6) is 0 Å². The van der Waals surface area contributed by atoms with E-state index in [1.807, 2.05) is 0 Å². The van der Waals surface area contributed by atoms with E-state index < -0.39 is 0 Å². The third-order valence-corrected chi connectivity index (χ3v) is 3.64. The third-order valence-electron chi connectivity index (χ3n) is 3.07. The van der Waals surface area contributed by atoms with Crippen molar-refractivity contribution in [2.75, 3.05) is 11.9 Å². The first kappa shape index (κ1) is 17.5. The average Bonchev–Trinajstić information content (AvgIpc) is 2.51. The van der Waals surface area contributed by atoms with Crippen molar-refractivity contribution in [2.45, 2.75) is 20.3 Å². The largest absolute Gasteiger partial charge is 0.351 e. The lowest BCUT2D eigenvalue weighted by Gasteiger charge is -2.09. The summed E-state index contributed by atoms with van der Waals surface area (Å²) in [6, 6.07) is 6.60. The van der Waals surface area contributed by atoms with Crippen LogP contribution < -0.4 is 10.6 Å². The van der Waals surface area contributed by atoms with Gasteiger partial charge in [-0.3, -0.25) is 4.79 Å². The number of hydrogen-bond acceptors (Lipinski definition) is 4. The van der Waals surface area contributed by atoms with Crippen molar-refractivity contribution in [3.05, 3.63) is 46.2 Å². The van der Waals surface area contributed by atoms with Crippen LogP contribution in [-0.2, 0) is 0 Å². The monoisotopic (exact) mass is 352 g/mol. The Labute approximate surface area is 145 Å². The van der Waals surface area contributed by atoms with Crippen LogP contribution in [0.1, 0.15) is 30.8 Å². The Morgan fingerprint density at radius 1 is 1.26 bits per heavy atom. The molecule has 0 fully saturated rings. The molecule has 0 aliphatic rings. The van der Waals surface area contributed by atoms with Crippen molar-refractivity contribution in [1.29, 1.82) is 0 Å². The molecule has 1 aromatic heterocycles. The molecule has 0 aliphatic heterocycles. The second-order valence-corrected chi connectivity index (χ2v) is 6.30. The quantitative estimate of drug-likeness (QED) is 0.812. The molecule has 2 aromatic rings. The topological polar surface area (TPSA) is 66.9 Å². The van der Waals surface area contributed by atoms with E-state index in [1.165, 1.54) is 6.20 Å². The molecular weight excluding hydrogens is 335 g/mol. The van der Waals surface area contributed by atoms with E-state index in [4.69, 9.17) is 23.2 Å². The number of halogens is 2. The Bertz CT molecular complexity index is 692. The van der Waals surface area contributed by atoms with Crippen molar-refractivity contribution in [3.8, 4) is 0 Å². The lowest BCUT2D eigenvalue weighted by atomic mass is 10.1. The molecule has 0 unspecified atom stereocenters. The summed E-state index contributed by atoms with van der Waals surface area (Å²) in [7, 11) is 0. The fourth-order valence-electron chi connectivity index (χ4n) is 1.82. The molecule has 0 bridgehead atoms. The van der Waals surface area contributed by atoms with Gasteiger partial charge in [0.2, 0.25) is 5.95 Å². The second kappa shape index (κ2) is 8.13. The van der Waals surface area contributed by atoms with Gasteiger partial charge in [-0.1, -0.05) is 37.0 Å². The molecular formula is C16H18Cl2N4O. The van der Waals surface area contributed by atoms with E-state index in [1.54, 1.807) is 24.3 Å². The maximum absolute atomic E-state index is 12.1. The van der Waals surface area contributed by atoms with E-state index in [0.717, 1.165) is 6.42 Å². The number of anilines is 2. The van der Waals surface area contributed by atoms with Gasteiger partial charge in [0, 0.05) is 17.8 Å². The Hall–Kier alpha value is -1.85. The summed E-state index contributed by atoms with van der Waals surface area (Å²) in [5.41, 5.74) is 0.876. The molecule has 122 valence electrons. The van der Waals surface area contributed by atoms with Crippen LogP contribution in [-0.4, -0.2) is 22.4 Å². The molecule has 0 spiro atoms. The molecule has 0 radical (unpaired) electrons. The SMILES string of the molecule is CC(C)CCNC(=O)c1ccnc(Nc2cc(Cl)ccc2Cl)n1. The molecule has 1 amide bonds. The minimum Gasteiger partial charge on any atom is -0.351 e. The van der Waals surface area contributed by atoms with Gasteiger partial charge in [0.05, 0.1) is 10.7 Å². The molecule has 5 nitrogen and oxygen atoms in total. The maximum Gasteiger partial charge on any atom is 0.270 e. The van der Waals surface area contributed by atoms with Crippen LogP contribution in [0.25, 0.3) is 0 Å². The highest BCUT2D eigenvalue weighted by Crippen LogP contribution is 2.27. The van der Waals surface area contributed by atoms with Crippen molar-refractivity contribution in [3.63, 3.8) is 0 Å². The van der Waals surface area contributed by atoms with Gasteiger partial charge in [-0.05, 0) is 36.6 Å². The number of amides is 1. The van der Waals surface area contributed by atoms with Gasteiger partial charge < -0.3 is 10.6 Å².